The van der Waals surface area contributed by atoms with Crippen molar-refractivity contribution in [2.45, 2.75) is 39.3 Å². The zero-order chi connectivity index (χ0) is 22.8. The monoisotopic (exact) mass is 433 g/mol. The minimum Gasteiger partial charge on any atom is -0.382 e. The molecule has 2 atom stereocenters. The SMILES string of the molecule is COCCOC[C@H](Cc1ccc(C)cc1)Nc1ncccc1NC(C)c1ccc(C)cc1. The Bertz CT molecular complexity index is 942. The van der Waals surface area contributed by atoms with Crippen LogP contribution < -0.4 is 10.6 Å². The van der Waals surface area contributed by atoms with Crippen LogP contribution in [-0.2, 0) is 15.9 Å². The zero-order valence-electron chi connectivity index (χ0n) is 19.6. The molecule has 32 heavy (non-hydrogen) atoms. The van der Waals surface area contributed by atoms with Crippen LogP contribution >= 0.6 is 0 Å². The number of hydrogen-bond acceptors (Lipinski definition) is 5. The summed E-state index contributed by atoms with van der Waals surface area (Å²) in [6.07, 6.45) is 2.66. The van der Waals surface area contributed by atoms with E-state index in [0.29, 0.717) is 19.8 Å². The number of nitrogens with one attached hydrogen (secondary N) is 2. The molecule has 5 nitrogen and oxygen atoms in total. The van der Waals surface area contributed by atoms with Gasteiger partial charge in [0.1, 0.15) is 5.82 Å². The number of hydrogen-bond donors (Lipinski definition) is 2. The summed E-state index contributed by atoms with van der Waals surface area (Å²) in [5.74, 6) is 0.832. The zero-order valence-corrected chi connectivity index (χ0v) is 19.6. The molecule has 5 heteroatoms. The van der Waals surface area contributed by atoms with E-state index < -0.39 is 0 Å². The molecule has 0 aliphatic rings. The van der Waals surface area contributed by atoms with E-state index in [9.17, 15) is 0 Å². The van der Waals surface area contributed by atoms with Crippen LogP contribution in [0.2, 0.25) is 0 Å². The lowest BCUT2D eigenvalue weighted by Gasteiger charge is -2.23. The highest BCUT2D eigenvalue weighted by Crippen LogP contribution is 2.25. The molecule has 0 spiro atoms. The normalized spacial score (nSPS) is 12.9. The summed E-state index contributed by atoms with van der Waals surface area (Å²) in [4.78, 5) is 4.63. The average molecular weight is 434 g/mol. The van der Waals surface area contributed by atoms with Gasteiger partial charge in [0.05, 0.1) is 31.5 Å². The summed E-state index contributed by atoms with van der Waals surface area (Å²) in [6.45, 7) is 8.10. The summed E-state index contributed by atoms with van der Waals surface area (Å²) < 4.78 is 11.0. The molecule has 0 amide bonds. The fourth-order valence-corrected chi connectivity index (χ4v) is 3.53. The lowest BCUT2D eigenvalue weighted by Crippen LogP contribution is -2.29. The molecule has 0 aliphatic carbocycles. The first-order chi connectivity index (χ1) is 15.5. The quantitative estimate of drug-likeness (QED) is 0.366. The van der Waals surface area contributed by atoms with E-state index in [1.165, 1.54) is 22.3 Å². The molecule has 0 aliphatic heterocycles. The fraction of sp³-hybridized carbons (Fsp3) is 0.370. The third kappa shape index (κ3) is 7.36. The molecule has 1 aromatic heterocycles. The summed E-state index contributed by atoms with van der Waals surface area (Å²) in [7, 11) is 1.69. The maximum atomic E-state index is 5.87. The molecule has 0 radical (unpaired) electrons. The van der Waals surface area contributed by atoms with Gasteiger partial charge in [0.25, 0.3) is 0 Å². The van der Waals surface area contributed by atoms with Crippen LogP contribution in [0.5, 0.6) is 0 Å². The minimum absolute atomic E-state index is 0.0830. The lowest BCUT2D eigenvalue weighted by atomic mass is 10.0. The van der Waals surface area contributed by atoms with E-state index in [0.717, 1.165) is 17.9 Å². The molecule has 0 fully saturated rings. The number of ether oxygens (including phenoxy) is 2. The number of aryl methyl sites for hydroxylation is 2. The predicted octanol–water partition coefficient (Wildman–Crippen LogP) is 5.56. The van der Waals surface area contributed by atoms with Crippen molar-refractivity contribution in [3.8, 4) is 0 Å². The van der Waals surface area contributed by atoms with Crippen LogP contribution in [-0.4, -0.2) is 38.0 Å². The van der Waals surface area contributed by atoms with Crippen LogP contribution in [0.15, 0.2) is 66.9 Å². The molecule has 0 saturated carbocycles. The van der Waals surface area contributed by atoms with Gasteiger partial charge in [-0.3, -0.25) is 0 Å². The number of methoxy groups -OCH3 is 1. The molecular weight excluding hydrogens is 398 g/mol. The average Bonchev–Trinajstić information content (AvgIpc) is 2.80. The van der Waals surface area contributed by atoms with Crippen molar-refractivity contribution in [1.82, 2.24) is 4.98 Å². The number of benzene rings is 2. The van der Waals surface area contributed by atoms with Crippen LogP contribution in [0.4, 0.5) is 11.5 Å². The van der Waals surface area contributed by atoms with Gasteiger partial charge >= 0.3 is 0 Å². The smallest absolute Gasteiger partial charge is 0.149 e. The Balaban J connectivity index is 1.72. The van der Waals surface area contributed by atoms with E-state index in [1.54, 1.807) is 7.11 Å². The maximum Gasteiger partial charge on any atom is 0.149 e. The Morgan fingerprint density at radius 1 is 0.875 bits per heavy atom. The van der Waals surface area contributed by atoms with Crippen molar-refractivity contribution < 1.29 is 9.47 Å². The Morgan fingerprint density at radius 2 is 1.56 bits per heavy atom. The molecule has 0 bridgehead atoms. The van der Waals surface area contributed by atoms with Crippen LogP contribution in [0, 0.1) is 13.8 Å². The summed E-state index contributed by atoms with van der Waals surface area (Å²) in [5, 5.41) is 7.23. The minimum atomic E-state index is 0.0830. The molecule has 3 aromatic rings. The molecule has 1 heterocycles. The van der Waals surface area contributed by atoms with Crippen LogP contribution in [0.25, 0.3) is 0 Å². The standard InChI is InChI=1S/C27H35N3O2/c1-20-7-11-23(12-8-20)18-25(19-32-17-16-31-4)30-27-26(6-5-15-28-27)29-22(3)24-13-9-21(2)10-14-24/h5-15,22,25,29H,16-19H2,1-4H3,(H,28,30)/t22?,25-/m0/s1. The molecule has 2 N–H and O–H groups in total. The van der Waals surface area contributed by atoms with Crippen molar-refractivity contribution in [3.63, 3.8) is 0 Å². The number of nitrogens with zero attached hydrogens (tertiary/aromatic N) is 1. The number of rotatable bonds is 12. The van der Waals surface area contributed by atoms with Gasteiger partial charge in [-0.2, -0.15) is 0 Å². The van der Waals surface area contributed by atoms with Crippen LogP contribution in [0.3, 0.4) is 0 Å². The second-order valence-electron chi connectivity index (χ2n) is 8.27. The van der Waals surface area contributed by atoms with Gasteiger partial charge in [0, 0.05) is 19.3 Å². The van der Waals surface area contributed by atoms with Crippen molar-refractivity contribution in [2.24, 2.45) is 0 Å². The van der Waals surface area contributed by atoms with Gasteiger partial charge in [-0.25, -0.2) is 4.98 Å². The summed E-state index contributed by atoms with van der Waals surface area (Å²) in [6, 6.07) is 21.5. The first-order valence-corrected chi connectivity index (χ1v) is 11.2. The Morgan fingerprint density at radius 3 is 2.25 bits per heavy atom. The molecule has 0 saturated heterocycles. The number of anilines is 2. The first kappa shape index (κ1) is 23.8. The topological polar surface area (TPSA) is 55.4 Å². The van der Waals surface area contributed by atoms with Gasteiger partial charge in [-0.05, 0) is 50.5 Å². The van der Waals surface area contributed by atoms with Crippen molar-refractivity contribution in [1.29, 1.82) is 0 Å². The number of aromatic nitrogens is 1. The van der Waals surface area contributed by atoms with Crippen molar-refractivity contribution in [3.05, 3.63) is 89.1 Å². The predicted molar refractivity (Wildman–Crippen MR) is 132 cm³/mol. The van der Waals surface area contributed by atoms with Gasteiger partial charge in [0.2, 0.25) is 0 Å². The van der Waals surface area contributed by atoms with Gasteiger partial charge in [0.15, 0.2) is 0 Å². The highest BCUT2D eigenvalue weighted by Gasteiger charge is 2.15. The number of pyridine rings is 1. The van der Waals surface area contributed by atoms with Crippen molar-refractivity contribution >= 4 is 11.5 Å². The van der Waals surface area contributed by atoms with Gasteiger partial charge < -0.3 is 20.1 Å². The second kappa shape index (κ2) is 12.2. The van der Waals surface area contributed by atoms with E-state index in [-0.39, 0.29) is 12.1 Å². The van der Waals surface area contributed by atoms with Crippen molar-refractivity contribution in [2.75, 3.05) is 37.6 Å². The Hall–Kier alpha value is -2.89. The third-order valence-electron chi connectivity index (χ3n) is 5.45. The molecule has 3 rings (SSSR count). The second-order valence-corrected chi connectivity index (χ2v) is 8.27. The highest BCUT2D eigenvalue weighted by molar-refractivity contribution is 5.65. The van der Waals surface area contributed by atoms with E-state index in [2.05, 4.69) is 91.0 Å². The Kier molecular flexibility index (Phi) is 9.08. The fourth-order valence-electron chi connectivity index (χ4n) is 3.53. The van der Waals surface area contributed by atoms with E-state index >= 15 is 0 Å². The molecule has 170 valence electrons. The molecule has 1 unspecified atom stereocenters. The van der Waals surface area contributed by atoms with E-state index in [4.69, 9.17) is 9.47 Å². The molecular formula is C27H35N3O2. The first-order valence-electron chi connectivity index (χ1n) is 11.2. The molecule has 2 aromatic carbocycles. The van der Waals surface area contributed by atoms with Gasteiger partial charge in [-0.15, -0.1) is 0 Å². The largest absolute Gasteiger partial charge is 0.382 e. The summed E-state index contributed by atoms with van der Waals surface area (Å²) >= 11 is 0. The van der Waals surface area contributed by atoms with E-state index in [1.807, 2.05) is 12.3 Å². The van der Waals surface area contributed by atoms with Gasteiger partial charge in [-0.1, -0.05) is 59.7 Å². The third-order valence-corrected chi connectivity index (χ3v) is 5.45. The van der Waals surface area contributed by atoms with Crippen LogP contribution in [0.1, 0.15) is 35.2 Å². The lowest BCUT2D eigenvalue weighted by molar-refractivity contribution is 0.0659. The Labute approximate surface area is 192 Å². The maximum absolute atomic E-state index is 5.87. The summed E-state index contributed by atoms with van der Waals surface area (Å²) in [5.41, 5.74) is 6.01. The highest BCUT2D eigenvalue weighted by atomic mass is 16.5.